The summed E-state index contributed by atoms with van der Waals surface area (Å²) in [5, 5.41) is 4.14. The number of ether oxygens (including phenoxy) is 1. The average molecular weight is 198 g/mol. The fraction of sp³-hybridized carbons (Fsp3) is 0.778. The molecular weight excluding hydrogens is 180 g/mol. The molecular formula is C9H18N4O. The summed E-state index contributed by atoms with van der Waals surface area (Å²) in [6.07, 6.45) is 2.26. The molecule has 1 aromatic rings. The van der Waals surface area contributed by atoms with Crippen LogP contribution in [0.2, 0.25) is 0 Å². The summed E-state index contributed by atoms with van der Waals surface area (Å²) in [4.78, 5) is 4.18. The first-order valence-corrected chi connectivity index (χ1v) is 4.78. The topological polar surface area (TPSA) is 66.0 Å². The summed E-state index contributed by atoms with van der Waals surface area (Å²) in [5.74, 6) is 0.921. The molecule has 0 spiro atoms. The van der Waals surface area contributed by atoms with E-state index in [1.54, 1.807) is 13.4 Å². The van der Waals surface area contributed by atoms with E-state index >= 15 is 0 Å². The third-order valence-electron chi connectivity index (χ3n) is 1.96. The first kappa shape index (κ1) is 11.1. The van der Waals surface area contributed by atoms with Crippen molar-refractivity contribution in [2.75, 3.05) is 13.7 Å². The monoisotopic (exact) mass is 198 g/mol. The van der Waals surface area contributed by atoms with Gasteiger partial charge in [0.05, 0.1) is 6.61 Å². The quantitative estimate of drug-likeness (QED) is 0.742. The van der Waals surface area contributed by atoms with Gasteiger partial charge in [-0.2, -0.15) is 5.10 Å². The molecule has 1 aromatic heterocycles. The lowest BCUT2D eigenvalue weighted by Crippen LogP contribution is -2.29. The van der Waals surface area contributed by atoms with E-state index in [0.717, 1.165) is 5.82 Å². The summed E-state index contributed by atoms with van der Waals surface area (Å²) in [5.41, 5.74) is 5.84. The van der Waals surface area contributed by atoms with E-state index in [1.165, 1.54) is 0 Å². The second-order valence-electron chi connectivity index (χ2n) is 3.63. The number of aromatic nitrogens is 3. The van der Waals surface area contributed by atoms with Gasteiger partial charge in [0.15, 0.2) is 0 Å². The highest BCUT2D eigenvalue weighted by Crippen LogP contribution is 2.06. The van der Waals surface area contributed by atoms with Crippen molar-refractivity contribution in [2.24, 2.45) is 5.73 Å². The minimum atomic E-state index is -0.0123. The maximum atomic E-state index is 5.84. The summed E-state index contributed by atoms with van der Waals surface area (Å²) < 4.78 is 6.85. The Balaban J connectivity index is 2.61. The number of hydrogen-bond acceptors (Lipinski definition) is 4. The molecule has 5 nitrogen and oxygen atoms in total. The van der Waals surface area contributed by atoms with Crippen LogP contribution in [0.25, 0.3) is 0 Å². The minimum absolute atomic E-state index is 0.0123. The molecule has 5 heteroatoms. The Hall–Kier alpha value is -0.940. The maximum absolute atomic E-state index is 5.84. The van der Waals surface area contributed by atoms with Gasteiger partial charge in [0.2, 0.25) is 0 Å². The molecule has 0 saturated heterocycles. The molecule has 1 rings (SSSR count). The van der Waals surface area contributed by atoms with Crippen LogP contribution in [0.3, 0.4) is 0 Å². The highest BCUT2D eigenvalue weighted by Gasteiger charge is 2.11. The predicted octanol–water partition coefficient (Wildman–Crippen LogP) is 0.375. The van der Waals surface area contributed by atoms with Gasteiger partial charge in [-0.25, -0.2) is 9.67 Å². The Kier molecular flexibility index (Phi) is 4.03. The Labute approximate surface area is 84.3 Å². The van der Waals surface area contributed by atoms with E-state index in [-0.39, 0.29) is 6.04 Å². The van der Waals surface area contributed by atoms with Gasteiger partial charge in [0, 0.05) is 25.6 Å². The molecule has 0 saturated carbocycles. The lowest BCUT2D eigenvalue weighted by Gasteiger charge is -2.12. The van der Waals surface area contributed by atoms with Crippen molar-refractivity contribution in [1.82, 2.24) is 14.8 Å². The van der Waals surface area contributed by atoms with Crippen LogP contribution in [-0.2, 0) is 11.2 Å². The zero-order chi connectivity index (χ0) is 10.6. The van der Waals surface area contributed by atoms with Crippen molar-refractivity contribution >= 4 is 0 Å². The van der Waals surface area contributed by atoms with Gasteiger partial charge in [-0.1, -0.05) is 0 Å². The molecule has 0 amide bonds. The summed E-state index contributed by atoms with van der Waals surface area (Å²) in [6.45, 7) is 4.69. The SMILES string of the molecule is COCC(N)Cc1ncnn1C(C)C. The molecule has 0 aliphatic heterocycles. The first-order chi connectivity index (χ1) is 6.65. The second-order valence-corrected chi connectivity index (χ2v) is 3.63. The largest absolute Gasteiger partial charge is 0.383 e. The van der Waals surface area contributed by atoms with Crippen molar-refractivity contribution in [3.8, 4) is 0 Å². The fourth-order valence-corrected chi connectivity index (χ4v) is 1.36. The van der Waals surface area contributed by atoms with Gasteiger partial charge >= 0.3 is 0 Å². The van der Waals surface area contributed by atoms with Crippen molar-refractivity contribution < 1.29 is 4.74 Å². The zero-order valence-corrected chi connectivity index (χ0v) is 8.97. The van der Waals surface area contributed by atoms with E-state index in [2.05, 4.69) is 23.9 Å². The van der Waals surface area contributed by atoms with E-state index in [4.69, 9.17) is 10.5 Å². The molecule has 0 fully saturated rings. The summed E-state index contributed by atoms with van der Waals surface area (Å²) in [7, 11) is 1.65. The molecule has 0 aliphatic carbocycles. The highest BCUT2D eigenvalue weighted by atomic mass is 16.5. The van der Waals surface area contributed by atoms with Gasteiger partial charge in [-0.3, -0.25) is 0 Å². The second kappa shape index (κ2) is 5.07. The molecule has 80 valence electrons. The molecule has 1 atom stereocenters. The van der Waals surface area contributed by atoms with E-state index < -0.39 is 0 Å². The van der Waals surface area contributed by atoms with E-state index in [9.17, 15) is 0 Å². The van der Waals surface area contributed by atoms with Crippen LogP contribution in [0, 0.1) is 0 Å². The Morgan fingerprint density at radius 3 is 2.86 bits per heavy atom. The third kappa shape index (κ3) is 2.78. The van der Waals surface area contributed by atoms with Crippen LogP contribution in [0.1, 0.15) is 25.7 Å². The van der Waals surface area contributed by atoms with Crippen molar-refractivity contribution in [2.45, 2.75) is 32.4 Å². The number of methoxy groups -OCH3 is 1. The minimum Gasteiger partial charge on any atom is -0.383 e. The van der Waals surface area contributed by atoms with Crippen LogP contribution in [-0.4, -0.2) is 34.5 Å². The van der Waals surface area contributed by atoms with Crippen LogP contribution in [0.5, 0.6) is 0 Å². The van der Waals surface area contributed by atoms with E-state index in [1.807, 2.05) is 4.68 Å². The third-order valence-corrected chi connectivity index (χ3v) is 1.96. The lowest BCUT2D eigenvalue weighted by molar-refractivity contribution is 0.178. The van der Waals surface area contributed by atoms with Crippen molar-refractivity contribution in [3.05, 3.63) is 12.2 Å². The lowest BCUT2D eigenvalue weighted by atomic mass is 10.2. The van der Waals surface area contributed by atoms with Gasteiger partial charge in [-0.05, 0) is 13.8 Å². The standard InChI is InChI=1S/C9H18N4O/c1-7(2)13-9(11-6-12-13)4-8(10)5-14-3/h6-8H,4-5,10H2,1-3H3. The maximum Gasteiger partial charge on any atom is 0.138 e. The predicted molar refractivity (Wildman–Crippen MR) is 54.0 cm³/mol. The number of hydrogen-bond donors (Lipinski definition) is 1. The molecule has 0 radical (unpaired) electrons. The molecule has 0 bridgehead atoms. The van der Waals surface area contributed by atoms with Crippen LogP contribution in [0.15, 0.2) is 6.33 Å². The zero-order valence-electron chi connectivity index (χ0n) is 8.97. The fourth-order valence-electron chi connectivity index (χ4n) is 1.36. The molecule has 0 aliphatic rings. The van der Waals surface area contributed by atoms with Crippen LogP contribution in [0.4, 0.5) is 0 Å². The van der Waals surface area contributed by atoms with E-state index in [0.29, 0.717) is 19.1 Å². The van der Waals surface area contributed by atoms with Crippen molar-refractivity contribution in [3.63, 3.8) is 0 Å². The van der Waals surface area contributed by atoms with Gasteiger partial charge in [0.25, 0.3) is 0 Å². The Bertz CT molecular complexity index is 272. The Morgan fingerprint density at radius 1 is 1.57 bits per heavy atom. The van der Waals surface area contributed by atoms with Crippen molar-refractivity contribution in [1.29, 1.82) is 0 Å². The number of nitrogens with zero attached hydrogens (tertiary/aromatic N) is 3. The van der Waals surface area contributed by atoms with Gasteiger partial charge < -0.3 is 10.5 Å². The number of rotatable bonds is 5. The first-order valence-electron chi connectivity index (χ1n) is 4.78. The van der Waals surface area contributed by atoms with Gasteiger partial charge in [-0.15, -0.1) is 0 Å². The molecule has 0 aromatic carbocycles. The molecule has 1 unspecified atom stereocenters. The average Bonchev–Trinajstić information content (AvgIpc) is 2.52. The van der Waals surface area contributed by atoms with Crippen LogP contribution < -0.4 is 5.73 Å². The van der Waals surface area contributed by atoms with Crippen LogP contribution >= 0.6 is 0 Å². The summed E-state index contributed by atoms with van der Waals surface area (Å²) >= 11 is 0. The highest BCUT2D eigenvalue weighted by molar-refractivity contribution is 4.90. The smallest absolute Gasteiger partial charge is 0.138 e. The van der Waals surface area contributed by atoms with Gasteiger partial charge in [0.1, 0.15) is 12.2 Å². The number of nitrogens with two attached hydrogens (primary N) is 1. The Morgan fingerprint density at radius 2 is 2.29 bits per heavy atom. The molecule has 14 heavy (non-hydrogen) atoms. The normalized spacial score (nSPS) is 13.5. The molecule has 2 N–H and O–H groups in total. The summed E-state index contributed by atoms with van der Waals surface area (Å²) in [6, 6.07) is 0.309. The molecule has 1 heterocycles.